The van der Waals surface area contributed by atoms with Crippen LogP contribution in [0, 0.1) is 6.92 Å². The fourth-order valence-electron chi connectivity index (χ4n) is 2.55. The monoisotopic (exact) mass is 296 g/mol. The van der Waals surface area contributed by atoms with Crippen LogP contribution in [0.1, 0.15) is 45.1 Å². The summed E-state index contributed by atoms with van der Waals surface area (Å²) in [5, 5.41) is 10.3. The van der Waals surface area contributed by atoms with Crippen molar-refractivity contribution in [3.8, 4) is 0 Å². The molecule has 0 aromatic heterocycles. The molecule has 0 radical (unpaired) electrons. The number of aryl methyl sites for hydroxylation is 1. The van der Waals surface area contributed by atoms with Gasteiger partial charge < -0.3 is 9.84 Å². The van der Waals surface area contributed by atoms with Gasteiger partial charge in [0.15, 0.2) is 4.93 Å². The topological polar surface area (TPSA) is 49.8 Å². The Morgan fingerprint density at radius 2 is 2.00 bits per heavy atom. The Kier molecular flexibility index (Phi) is 4.99. The summed E-state index contributed by atoms with van der Waals surface area (Å²) in [7, 11) is -1.33. The van der Waals surface area contributed by atoms with Gasteiger partial charge in [-0.15, -0.1) is 0 Å². The highest BCUT2D eigenvalue weighted by Gasteiger charge is 2.65. The van der Waals surface area contributed by atoms with E-state index in [9.17, 15) is 9.32 Å². The lowest BCUT2D eigenvalue weighted by Crippen LogP contribution is -2.36. The Morgan fingerprint density at radius 1 is 1.35 bits per heavy atom. The van der Waals surface area contributed by atoms with E-state index in [1.807, 2.05) is 38.1 Å². The average molecular weight is 296 g/mol. The lowest BCUT2D eigenvalue weighted by atomic mass is 10.1. The summed E-state index contributed by atoms with van der Waals surface area (Å²) in [5.41, 5.74) is 1.13. The predicted molar refractivity (Wildman–Crippen MR) is 81.0 cm³/mol. The van der Waals surface area contributed by atoms with Gasteiger partial charge in [-0.3, -0.25) is 4.21 Å². The van der Waals surface area contributed by atoms with Crippen molar-refractivity contribution in [3.63, 3.8) is 0 Å². The van der Waals surface area contributed by atoms with Gasteiger partial charge in [0.2, 0.25) is 0 Å². The molecule has 2 rings (SSSR count). The minimum Gasteiger partial charge on any atom is -0.389 e. The molecule has 0 amide bonds. The average Bonchev–Trinajstić information content (AvgIpc) is 3.20. The molecular formula is C16H24O3S. The van der Waals surface area contributed by atoms with Gasteiger partial charge in [-0.2, -0.15) is 0 Å². The third-order valence-electron chi connectivity index (χ3n) is 3.91. The number of aliphatic hydroxyl groups is 1. The SMILES string of the molecule is CCCC[C@H]1O[C@@]1([C@H](O)CC)S(=O)c1ccc(C)cc1. The number of rotatable bonds is 7. The molecule has 1 aromatic rings. The van der Waals surface area contributed by atoms with Crippen molar-refractivity contribution in [2.45, 2.75) is 68.5 Å². The standard InChI is InChI=1S/C16H24O3S/c1-4-6-7-15-16(19-15,14(17)5-2)20(18)13-10-8-12(3)9-11-13/h8-11,14-15,17H,4-7H2,1-3H3/t14-,15-,16+,20?/m1/s1. The van der Waals surface area contributed by atoms with Crippen molar-refractivity contribution in [2.75, 3.05) is 0 Å². The number of hydrogen-bond acceptors (Lipinski definition) is 3. The van der Waals surface area contributed by atoms with E-state index in [-0.39, 0.29) is 6.10 Å². The zero-order chi connectivity index (χ0) is 14.8. The van der Waals surface area contributed by atoms with Crippen LogP contribution in [-0.2, 0) is 15.5 Å². The normalized spacial score (nSPS) is 28.1. The lowest BCUT2D eigenvalue weighted by Gasteiger charge is -2.18. The summed E-state index contributed by atoms with van der Waals surface area (Å²) in [6.07, 6.45) is 2.78. The molecule has 3 nitrogen and oxygen atoms in total. The highest BCUT2D eigenvalue weighted by molar-refractivity contribution is 7.86. The first-order valence-corrected chi connectivity index (χ1v) is 8.55. The van der Waals surface area contributed by atoms with E-state index in [4.69, 9.17) is 4.74 Å². The molecule has 1 aromatic carbocycles. The Labute approximate surface area is 123 Å². The quantitative estimate of drug-likeness (QED) is 0.786. The van der Waals surface area contributed by atoms with Gasteiger partial charge in [-0.25, -0.2) is 0 Å². The number of unbranched alkanes of at least 4 members (excludes halogenated alkanes) is 1. The van der Waals surface area contributed by atoms with Crippen LogP contribution in [0.2, 0.25) is 0 Å². The maximum absolute atomic E-state index is 12.8. The predicted octanol–water partition coefficient (Wildman–Crippen LogP) is 3.16. The van der Waals surface area contributed by atoms with Crippen LogP contribution in [0.5, 0.6) is 0 Å². The Balaban J connectivity index is 2.20. The molecule has 1 N–H and O–H groups in total. The molecular weight excluding hydrogens is 272 g/mol. The van der Waals surface area contributed by atoms with E-state index in [2.05, 4.69) is 6.92 Å². The number of epoxide rings is 1. The molecule has 1 aliphatic rings. The second-order valence-electron chi connectivity index (χ2n) is 5.48. The number of ether oxygens (including phenoxy) is 1. The largest absolute Gasteiger partial charge is 0.389 e. The van der Waals surface area contributed by atoms with Gasteiger partial charge in [-0.05, 0) is 31.9 Å². The lowest BCUT2D eigenvalue weighted by molar-refractivity contribution is 0.114. The number of aliphatic hydroxyl groups excluding tert-OH is 1. The third kappa shape index (κ3) is 2.83. The minimum atomic E-state index is -1.33. The molecule has 20 heavy (non-hydrogen) atoms. The zero-order valence-corrected chi connectivity index (χ0v) is 13.3. The second kappa shape index (κ2) is 6.37. The second-order valence-corrected chi connectivity index (χ2v) is 7.12. The van der Waals surface area contributed by atoms with Crippen molar-refractivity contribution in [1.29, 1.82) is 0 Å². The highest BCUT2D eigenvalue weighted by atomic mass is 32.2. The van der Waals surface area contributed by atoms with Crippen molar-refractivity contribution < 1.29 is 14.1 Å². The molecule has 112 valence electrons. The molecule has 1 aliphatic heterocycles. The fraction of sp³-hybridized carbons (Fsp3) is 0.625. The maximum atomic E-state index is 12.8. The van der Waals surface area contributed by atoms with Gasteiger partial charge in [0.05, 0.1) is 16.9 Å². The molecule has 0 aliphatic carbocycles. The van der Waals surface area contributed by atoms with E-state index in [1.54, 1.807) is 0 Å². The van der Waals surface area contributed by atoms with Gasteiger partial charge in [0.25, 0.3) is 0 Å². The van der Waals surface area contributed by atoms with E-state index in [0.717, 1.165) is 29.7 Å². The molecule has 0 saturated carbocycles. The van der Waals surface area contributed by atoms with Gasteiger partial charge >= 0.3 is 0 Å². The van der Waals surface area contributed by atoms with Crippen molar-refractivity contribution >= 4 is 10.8 Å². The van der Waals surface area contributed by atoms with Gasteiger partial charge in [0, 0.05) is 4.90 Å². The summed E-state index contributed by atoms with van der Waals surface area (Å²) in [6.45, 7) is 6.02. The fourth-order valence-corrected chi connectivity index (χ4v) is 4.27. The molecule has 0 bridgehead atoms. The van der Waals surface area contributed by atoms with Crippen molar-refractivity contribution in [3.05, 3.63) is 29.8 Å². The van der Waals surface area contributed by atoms with Crippen LogP contribution < -0.4 is 0 Å². The van der Waals surface area contributed by atoms with Crippen LogP contribution in [0.15, 0.2) is 29.2 Å². The summed E-state index contributed by atoms with van der Waals surface area (Å²) >= 11 is 0. The summed E-state index contributed by atoms with van der Waals surface area (Å²) in [4.78, 5) is -0.152. The maximum Gasteiger partial charge on any atom is 0.199 e. The van der Waals surface area contributed by atoms with Crippen LogP contribution in [0.3, 0.4) is 0 Å². The Hall–Kier alpha value is -0.710. The van der Waals surface area contributed by atoms with Crippen LogP contribution in [0.4, 0.5) is 0 Å². The van der Waals surface area contributed by atoms with E-state index in [0.29, 0.717) is 6.42 Å². The van der Waals surface area contributed by atoms with Crippen LogP contribution in [0.25, 0.3) is 0 Å². The zero-order valence-electron chi connectivity index (χ0n) is 12.5. The Morgan fingerprint density at radius 3 is 2.55 bits per heavy atom. The first kappa shape index (κ1) is 15.7. The molecule has 4 heteroatoms. The molecule has 1 saturated heterocycles. The number of benzene rings is 1. The molecule has 1 unspecified atom stereocenters. The van der Waals surface area contributed by atoms with Gasteiger partial charge in [-0.1, -0.05) is 44.4 Å². The van der Waals surface area contributed by atoms with Crippen molar-refractivity contribution in [2.24, 2.45) is 0 Å². The first-order valence-electron chi connectivity index (χ1n) is 7.40. The highest BCUT2D eigenvalue weighted by Crippen LogP contribution is 2.48. The van der Waals surface area contributed by atoms with E-state index in [1.165, 1.54) is 0 Å². The summed E-state index contributed by atoms with van der Waals surface area (Å²) in [6, 6.07) is 7.63. The number of hydrogen-bond donors (Lipinski definition) is 1. The smallest absolute Gasteiger partial charge is 0.199 e. The molecule has 0 spiro atoms. The Bertz CT molecular complexity index is 471. The van der Waals surface area contributed by atoms with Crippen LogP contribution >= 0.6 is 0 Å². The molecule has 1 fully saturated rings. The minimum absolute atomic E-state index is 0.0838. The van der Waals surface area contributed by atoms with E-state index >= 15 is 0 Å². The molecule has 1 heterocycles. The van der Waals surface area contributed by atoms with Crippen LogP contribution in [-0.4, -0.2) is 26.5 Å². The first-order chi connectivity index (χ1) is 9.56. The van der Waals surface area contributed by atoms with E-state index < -0.39 is 21.8 Å². The molecule has 4 atom stereocenters. The van der Waals surface area contributed by atoms with Crippen molar-refractivity contribution in [1.82, 2.24) is 0 Å². The summed E-state index contributed by atoms with van der Waals surface area (Å²) < 4.78 is 18.6. The van der Waals surface area contributed by atoms with Gasteiger partial charge in [0.1, 0.15) is 6.10 Å². The third-order valence-corrected chi connectivity index (χ3v) is 5.82. The summed E-state index contributed by atoms with van der Waals surface area (Å²) in [5.74, 6) is 0.